The molecular formula is C12H11F8N. The van der Waals surface area contributed by atoms with Gasteiger partial charge in [0.25, 0.3) is 0 Å². The minimum atomic E-state index is -5.59. The van der Waals surface area contributed by atoms with Gasteiger partial charge in [0.1, 0.15) is 0 Å². The van der Waals surface area contributed by atoms with Gasteiger partial charge in [0.2, 0.25) is 0 Å². The maximum Gasteiger partial charge on any atom is 0.402 e. The predicted molar refractivity (Wildman–Crippen MR) is 58.4 cm³/mol. The van der Waals surface area contributed by atoms with E-state index in [2.05, 4.69) is 0 Å². The Morgan fingerprint density at radius 2 is 1.48 bits per heavy atom. The van der Waals surface area contributed by atoms with Crippen molar-refractivity contribution in [3.63, 3.8) is 0 Å². The molecule has 1 N–H and O–H groups in total. The molecule has 1 atom stereocenters. The van der Waals surface area contributed by atoms with E-state index in [1.165, 1.54) is 6.92 Å². The van der Waals surface area contributed by atoms with E-state index in [1.807, 2.05) is 5.32 Å². The van der Waals surface area contributed by atoms with Gasteiger partial charge in [0.15, 0.2) is 17.6 Å². The van der Waals surface area contributed by atoms with Crippen LogP contribution < -0.4 is 5.32 Å². The standard InChI is InChI=1S/C12H11F8N/c1-2-21-9(6-3-4-7(13)8(14)5-6)10(11(15,16)17)12(18,19)20/h3-5,9-10,21H,2H2,1H3. The number of halogens is 8. The monoisotopic (exact) mass is 321 g/mol. The number of benzene rings is 1. The fourth-order valence-corrected chi connectivity index (χ4v) is 1.92. The summed E-state index contributed by atoms with van der Waals surface area (Å²) in [5.74, 6) is -6.60. The van der Waals surface area contributed by atoms with E-state index in [9.17, 15) is 35.1 Å². The van der Waals surface area contributed by atoms with Crippen LogP contribution in [-0.2, 0) is 0 Å². The first kappa shape index (κ1) is 17.7. The molecule has 0 aliphatic heterocycles. The highest BCUT2D eigenvalue weighted by atomic mass is 19.4. The predicted octanol–water partition coefficient (Wildman–Crippen LogP) is 4.36. The van der Waals surface area contributed by atoms with Crippen LogP contribution in [0.1, 0.15) is 18.5 Å². The molecule has 120 valence electrons. The fraction of sp³-hybridized carbons (Fsp3) is 0.500. The molecular weight excluding hydrogens is 310 g/mol. The van der Waals surface area contributed by atoms with Crippen molar-refractivity contribution >= 4 is 0 Å². The van der Waals surface area contributed by atoms with Gasteiger partial charge in [-0.05, 0) is 24.2 Å². The van der Waals surface area contributed by atoms with Gasteiger partial charge >= 0.3 is 12.4 Å². The second-order valence-electron chi connectivity index (χ2n) is 4.27. The lowest BCUT2D eigenvalue weighted by atomic mass is 9.91. The quantitative estimate of drug-likeness (QED) is 0.813. The average molecular weight is 321 g/mol. The van der Waals surface area contributed by atoms with E-state index in [1.54, 1.807) is 0 Å². The number of hydrogen-bond acceptors (Lipinski definition) is 1. The van der Waals surface area contributed by atoms with Crippen molar-refractivity contribution in [2.45, 2.75) is 25.3 Å². The zero-order valence-corrected chi connectivity index (χ0v) is 10.6. The molecule has 1 unspecified atom stereocenters. The summed E-state index contributed by atoms with van der Waals surface area (Å²) in [5.41, 5.74) is -0.629. The van der Waals surface area contributed by atoms with E-state index in [4.69, 9.17) is 0 Å². The van der Waals surface area contributed by atoms with Crippen molar-refractivity contribution in [3.05, 3.63) is 35.4 Å². The van der Waals surface area contributed by atoms with Crippen LogP contribution in [0.2, 0.25) is 0 Å². The molecule has 0 bridgehead atoms. The molecule has 0 heterocycles. The van der Waals surface area contributed by atoms with Gasteiger partial charge in [-0.15, -0.1) is 0 Å². The van der Waals surface area contributed by atoms with Crippen molar-refractivity contribution in [2.75, 3.05) is 6.54 Å². The van der Waals surface area contributed by atoms with Gasteiger partial charge in [0, 0.05) is 0 Å². The molecule has 21 heavy (non-hydrogen) atoms. The maximum atomic E-state index is 13.1. The van der Waals surface area contributed by atoms with Crippen molar-refractivity contribution in [1.82, 2.24) is 5.32 Å². The topological polar surface area (TPSA) is 12.0 Å². The third-order valence-corrected chi connectivity index (χ3v) is 2.77. The number of alkyl halides is 6. The van der Waals surface area contributed by atoms with Crippen LogP contribution in [0.3, 0.4) is 0 Å². The second kappa shape index (κ2) is 6.17. The number of rotatable bonds is 4. The zero-order chi connectivity index (χ0) is 16.4. The lowest BCUT2D eigenvalue weighted by Gasteiger charge is -2.31. The Hall–Kier alpha value is -1.38. The van der Waals surface area contributed by atoms with Crippen LogP contribution in [0.5, 0.6) is 0 Å². The van der Waals surface area contributed by atoms with Crippen LogP contribution in [0.15, 0.2) is 18.2 Å². The molecule has 1 nitrogen and oxygen atoms in total. The first-order valence-corrected chi connectivity index (χ1v) is 5.80. The SMILES string of the molecule is CCNC(c1ccc(F)c(F)c1)C(C(F)(F)F)C(F)(F)F. The number of nitrogens with one attached hydrogen (secondary N) is 1. The lowest BCUT2D eigenvalue weighted by Crippen LogP contribution is -2.45. The van der Waals surface area contributed by atoms with E-state index in [0.29, 0.717) is 18.2 Å². The minimum absolute atomic E-state index is 0.216. The molecule has 0 saturated heterocycles. The van der Waals surface area contributed by atoms with Gasteiger partial charge in [0.05, 0.1) is 6.04 Å². The van der Waals surface area contributed by atoms with Crippen molar-refractivity contribution in [2.24, 2.45) is 5.92 Å². The van der Waals surface area contributed by atoms with E-state index >= 15 is 0 Å². The summed E-state index contributed by atoms with van der Waals surface area (Å²) in [5, 5.41) is 2.03. The Labute approximate surface area is 114 Å². The largest absolute Gasteiger partial charge is 0.402 e. The number of hydrogen-bond donors (Lipinski definition) is 1. The lowest BCUT2D eigenvalue weighted by molar-refractivity contribution is -0.292. The highest BCUT2D eigenvalue weighted by Gasteiger charge is 2.60. The van der Waals surface area contributed by atoms with Crippen LogP contribution in [0.4, 0.5) is 35.1 Å². The first-order chi connectivity index (χ1) is 9.48. The third-order valence-electron chi connectivity index (χ3n) is 2.77. The zero-order valence-electron chi connectivity index (χ0n) is 10.6. The summed E-state index contributed by atoms with van der Waals surface area (Å²) in [6.07, 6.45) is -11.2. The van der Waals surface area contributed by atoms with Gasteiger partial charge in [-0.3, -0.25) is 0 Å². The van der Waals surface area contributed by atoms with Crippen molar-refractivity contribution < 1.29 is 35.1 Å². The fourth-order valence-electron chi connectivity index (χ4n) is 1.92. The second-order valence-corrected chi connectivity index (χ2v) is 4.27. The summed E-state index contributed by atoms with van der Waals surface area (Å²) in [6.45, 7) is 1.09. The maximum absolute atomic E-state index is 13.1. The molecule has 1 aromatic rings. The van der Waals surface area contributed by atoms with E-state index < -0.39 is 41.5 Å². The van der Waals surface area contributed by atoms with Crippen molar-refractivity contribution in [1.29, 1.82) is 0 Å². The molecule has 0 aromatic heterocycles. The van der Waals surface area contributed by atoms with Gasteiger partial charge < -0.3 is 5.32 Å². The molecule has 0 radical (unpaired) electrons. The summed E-state index contributed by atoms with van der Waals surface area (Å²) >= 11 is 0. The van der Waals surface area contributed by atoms with E-state index in [0.717, 1.165) is 0 Å². The molecule has 9 heteroatoms. The molecule has 0 fully saturated rings. The molecule has 0 spiro atoms. The molecule has 1 aromatic carbocycles. The third kappa shape index (κ3) is 4.29. The highest BCUT2D eigenvalue weighted by Crippen LogP contribution is 2.46. The average Bonchev–Trinajstić information content (AvgIpc) is 2.28. The summed E-state index contributed by atoms with van der Waals surface area (Å²) in [7, 11) is 0. The normalized spacial score (nSPS) is 14.6. The first-order valence-electron chi connectivity index (χ1n) is 5.80. The Morgan fingerprint density at radius 3 is 1.86 bits per heavy atom. The Bertz CT molecular complexity index is 465. The molecule has 0 saturated carbocycles. The van der Waals surface area contributed by atoms with Gasteiger partial charge in [-0.2, -0.15) is 26.3 Å². The van der Waals surface area contributed by atoms with Gasteiger partial charge in [-0.25, -0.2) is 8.78 Å². The molecule has 1 rings (SSSR count). The minimum Gasteiger partial charge on any atom is -0.309 e. The Kier molecular flexibility index (Phi) is 5.19. The van der Waals surface area contributed by atoms with E-state index in [-0.39, 0.29) is 6.54 Å². The summed E-state index contributed by atoms with van der Waals surface area (Å²) in [4.78, 5) is 0. The Balaban J connectivity index is 3.34. The molecule has 0 aliphatic rings. The molecule has 0 aliphatic carbocycles. The van der Waals surface area contributed by atoms with Crippen LogP contribution in [-0.4, -0.2) is 18.9 Å². The Morgan fingerprint density at radius 1 is 0.952 bits per heavy atom. The summed E-state index contributed by atoms with van der Waals surface area (Å²) in [6, 6.07) is -0.757. The summed E-state index contributed by atoms with van der Waals surface area (Å²) < 4.78 is 102. The smallest absolute Gasteiger partial charge is 0.309 e. The highest BCUT2D eigenvalue weighted by molar-refractivity contribution is 5.23. The van der Waals surface area contributed by atoms with Crippen molar-refractivity contribution in [3.8, 4) is 0 Å². The van der Waals surface area contributed by atoms with Crippen LogP contribution in [0, 0.1) is 17.6 Å². The molecule has 0 amide bonds. The van der Waals surface area contributed by atoms with Crippen LogP contribution in [0.25, 0.3) is 0 Å². The van der Waals surface area contributed by atoms with Crippen LogP contribution >= 0.6 is 0 Å². The van der Waals surface area contributed by atoms with Gasteiger partial charge in [-0.1, -0.05) is 13.0 Å².